The van der Waals surface area contributed by atoms with Gasteiger partial charge in [-0.2, -0.15) is 5.10 Å². The topological polar surface area (TPSA) is 50.1 Å². The van der Waals surface area contributed by atoms with E-state index in [2.05, 4.69) is 37.4 Å². The number of aryl methyl sites for hydroxylation is 1. The van der Waals surface area contributed by atoms with Crippen LogP contribution < -0.4 is 5.32 Å². The maximum atomic E-state index is 8.92. The number of aliphatic hydroxyl groups is 1. The van der Waals surface area contributed by atoms with Gasteiger partial charge in [0.2, 0.25) is 0 Å². The number of nitrogens with one attached hydrogen (secondary N) is 1. The minimum atomic E-state index is -0.0262. The van der Waals surface area contributed by atoms with Gasteiger partial charge in [-0.15, -0.1) is 0 Å². The van der Waals surface area contributed by atoms with E-state index >= 15 is 0 Å². The maximum Gasteiger partial charge on any atom is 0.0534 e. The van der Waals surface area contributed by atoms with Gasteiger partial charge in [-0.3, -0.25) is 4.68 Å². The molecule has 0 aliphatic heterocycles. The lowest BCUT2D eigenvalue weighted by molar-refractivity contribution is 0.230. The summed E-state index contributed by atoms with van der Waals surface area (Å²) in [6.45, 7) is 8.33. The van der Waals surface area contributed by atoms with Crippen LogP contribution in [0.25, 0.3) is 0 Å². The molecule has 0 atom stereocenters. The first-order chi connectivity index (χ1) is 7.57. The van der Waals surface area contributed by atoms with Crippen LogP contribution in [0, 0.1) is 0 Å². The SMILES string of the molecule is CCCn1cc(CNC(C)(C)CCO)cn1. The number of rotatable bonds is 7. The van der Waals surface area contributed by atoms with Gasteiger partial charge in [-0.1, -0.05) is 6.92 Å². The monoisotopic (exact) mass is 225 g/mol. The highest BCUT2D eigenvalue weighted by Gasteiger charge is 2.15. The van der Waals surface area contributed by atoms with Crippen LogP contribution in [0.2, 0.25) is 0 Å². The minimum Gasteiger partial charge on any atom is -0.396 e. The second-order valence-corrected chi connectivity index (χ2v) is 4.82. The van der Waals surface area contributed by atoms with E-state index in [0.717, 1.165) is 25.9 Å². The fourth-order valence-electron chi connectivity index (χ4n) is 1.56. The molecule has 92 valence electrons. The third kappa shape index (κ3) is 4.33. The molecular formula is C12H23N3O. The van der Waals surface area contributed by atoms with E-state index in [4.69, 9.17) is 5.11 Å². The van der Waals surface area contributed by atoms with Crippen molar-refractivity contribution in [1.82, 2.24) is 15.1 Å². The third-order valence-corrected chi connectivity index (χ3v) is 2.65. The number of hydrogen-bond donors (Lipinski definition) is 2. The lowest BCUT2D eigenvalue weighted by Gasteiger charge is -2.25. The lowest BCUT2D eigenvalue weighted by Crippen LogP contribution is -2.39. The molecule has 0 aromatic carbocycles. The highest BCUT2D eigenvalue weighted by molar-refractivity contribution is 5.04. The van der Waals surface area contributed by atoms with Gasteiger partial charge in [0.15, 0.2) is 0 Å². The van der Waals surface area contributed by atoms with Crippen molar-refractivity contribution in [3.63, 3.8) is 0 Å². The summed E-state index contributed by atoms with van der Waals surface area (Å²) in [4.78, 5) is 0. The molecule has 1 heterocycles. The molecule has 0 aliphatic carbocycles. The van der Waals surface area contributed by atoms with Crippen LogP contribution in [-0.2, 0) is 13.1 Å². The van der Waals surface area contributed by atoms with Crippen LogP contribution in [-0.4, -0.2) is 27.0 Å². The van der Waals surface area contributed by atoms with Crippen LogP contribution in [0.1, 0.15) is 39.2 Å². The van der Waals surface area contributed by atoms with Crippen molar-refractivity contribution >= 4 is 0 Å². The van der Waals surface area contributed by atoms with Crippen molar-refractivity contribution in [1.29, 1.82) is 0 Å². The minimum absolute atomic E-state index is 0.0262. The zero-order chi connectivity index (χ0) is 12.0. The zero-order valence-corrected chi connectivity index (χ0v) is 10.5. The predicted molar refractivity (Wildman–Crippen MR) is 65.1 cm³/mol. The summed E-state index contributed by atoms with van der Waals surface area (Å²) in [5, 5.41) is 16.6. The third-order valence-electron chi connectivity index (χ3n) is 2.65. The van der Waals surface area contributed by atoms with E-state index in [1.807, 2.05) is 10.9 Å². The summed E-state index contributed by atoms with van der Waals surface area (Å²) in [5.74, 6) is 0. The Bertz CT molecular complexity index is 307. The van der Waals surface area contributed by atoms with Crippen molar-refractivity contribution in [2.24, 2.45) is 0 Å². The van der Waals surface area contributed by atoms with Crippen LogP contribution in [0.4, 0.5) is 0 Å². The van der Waals surface area contributed by atoms with Crippen molar-refractivity contribution in [3.8, 4) is 0 Å². The van der Waals surface area contributed by atoms with E-state index in [1.54, 1.807) is 0 Å². The first-order valence-corrected chi connectivity index (χ1v) is 5.94. The van der Waals surface area contributed by atoms with Gasteiger partial charge in [-0.25, -0.2) is 0 Å². The van der Waals surface area contributed by atoms with Gasteiger partial charge >= 0.3 is 0 Å². The Balaban J connectivity index is 2.41. The number of hydrogen-bond acceptors (Lipinski definition) is 3. The second-order valence-electron chi connectivity index (χ2n) is 4.82. The van der Waals surface area contributed by atoms with Gasteiger partial charge in [0.25, 0.3) is 0 Å². The van der Waals surface area contributed by atoms with Gasteiger partial charge in [-0.05, 0) is 26.7 Å². The van der Waals surface area contributed by atoms with Gasteiger partial charge in [0.1, 0.15) is 0 Å². The van der Waals surface area contributed by atoms with Gasteiger partial charge in [0, 0.05) is 37.0 Å². The van der Waals surface area contributed by atoms with E-state index < -0.39 is 0 Å². The van der Waals surface area contributed by atoms with Crippen LogP contribution >= 0.6 is 0 Å². The molecule has 0 fully saturated rings. The molecule has 0 saturated carbocycles. The fourth-order valence-corrected chi connectivity index (χ4v) is 1.56. The normalized spacial score (nSPS) is 12.0. The lowest BCUT2D eigenvalue weighted by atomic mass is 10.0. The molecule has 0 amide bonds. The summed E-state index contributed by atoms with van der Waals surface area (Å²) < 4.78 is 1.97. The largest absolute Gasteiger partial charge is 0.396 e. The van der Waals surface area contributed by atoms with E-state index in [0.29, 0.717) is 0 Å². The number of aliphatic hydroxyl groups excluding tert-OH is 1. The molecule has 0 bridgehead atoms. The molecule has 0 radical (unpaired) electrons. The highest BCUT2D eigenvalue weighted by atomic mass is 16.3. The van der Waals surface area contributed by atoms with Crippen molar-refractivity contribution < 1.29 is 5.11 Å². The van der Waals surface area contributed by atoms with E-state index in [1.165, 1.54) is 5.56 Å². The molecule has 0 unspecified atom stereocenters. The van der Waals surface area contributed by atoms with Crippen LogP contribution in [0.15, 0.2) is 12.4 Å². The zero-order valence-electron chi connectivity index (χ0n) is 10.5. The molecule has 2 N–H and O–H groups in total. The highest BCUT2D eigenvalue weighted by Crippen LogP contribution is 2.09. The number of nitrogens with zero attached hydrogens (tertiary/aromatic N) is 2. The fraction of sp³-hybridized carbons (Fsp3) is 0.750. The molecule has 4 heteroatoms. The first-order valence-electron chi connectivity index (χ1n) is 5.94. The quantitative estimate of drug-likeness (QED) is 0.740. The Morgan fingerprint density at radius 3 is 2.88 bits per heavy atom. The molecular weight excluding hydrogens is 202 g/mol. The van der Waals surface area contributed by atoms with Crippen molar-refractivity contribution in [2.45, 2.75) is 52.2 Å². The average Bonchev–Trinajstić information content (AvgIpc) is 2.64. The van der Waals surface area contributed by atoms with Crippen LogP contribution in [0.5, 0.6) is 0 Å². The van der Waals surface area contributed by atoms with E-state index in [9.17, 15) is 0 Å². The number of aromatic nitrogens is 2. The molecule has 1 aromatic heterocycles. The molecule has 1 aromatic rings. The summed E-state index contributed by atoms with van der Waals surface area (Å²) in [6, 6.07) is 0. The molecule has 16 heavy (non-hydrogen) atoms. The Kier molecular flexibility index (Phi) is 4.96. The van der Waals surface area contributed by atoms with Crippen molar-refractivity contribution in [2.75, 3.05) is 6.61 Å². The Morgan fingerprint density at radius 2 is 2.25 bits per heavy atom. The smallest absolute Gasteiger partial charge is 0.0534 e. The average molecular weight is 225 g/mol. The predicted octanol–water partition coefficient (Wildman–Crippen LogP) is 1.54. The standard InChI is InChI=1S/C12H23N3O/c1-4-6-15-10-11(9-14-15)8-13-12(2,3)5-7-16/h9-10,13,16H,4-8H2,1-3H3. The molecule has 0 saturated heterocycles. The summed E-state index contributed by atoms with van der Waals surface area (Å²) in [5.41, 5.74) is 1.17. The Morgan fingerprint density at radius 1 is 1.50 bits per heavy atom. The molecule has 1 rings (SSSR count). The molecule has 4 nitrogen and oxygen atoms in total. The maximum absolute atomic E-state index is 8.92. The van der Waals surface area contributed by atoms with Crippen molar-refractivity contribution in [3.05, 3.63) is 18.0 Å². The summed E-state index contributed by atoms with van der Waals surface area (Å²) >= 11 is 0. The summed E-state index contributed by atoms with van der Waals surface area (Å²) in [6.07, 6.45) is 5.84. The first kappa shape index (κ1) is 13.2. The van der Waals surface area contributed by atoms with Gasteiger partial charge in [0.05, 0.1) is 6.20 Å². The molecule has 0 spiro atoms. The molecule has 0 aliphatic rings. The van der Waals surface area contributed by atoms with E-state index in [-0.39, 0.29) is 12.1 Å². The van der Waals surface area contributed by atoms with Crippen LogP contribution in [0.3, 0.4) is 0 Å². The second kappa shape index (κ2) is 6.01. The summed E-state index contributed by atoms with van der Waals surface area (Å²) in [7, 11) is 0. The Labute approximate surface area is 97.7 Å². The van der Waals surface area contributed by atoms with Gasteiger partial charge < -0.3 is 10.4 Å². The Hall–Kier alpha value is -0.870.